The van der Waals surface area contributed by atoms with Crippen LogP contribution < -0.4 is 5.73 Å². The second-order valence-corrected chi connectivity index (χ2v) is 3.50. The summed E-state index contributed by atoms with van der Waals surface area (Å²) < 4.78 is 49.8. The fraction of sp³-hybridized carbons (Fsp3) is 0.400. The molecule has 0 amide bonds. The smallest absolute Gasteiger partial charge is 0.391 e. The molecule has 0 fully saturated rings. The van der Waals surface area contributed by atoms with Crippen molar-refractivity contribution in [1.82, 2.24) is 0 Å². The maximum Gasteiger partial charge on any atom is 0.419 e. The maximum atomic E-state index is 13.1. The highest BCUT2D eigenvalue weighted by atomic mass is 19.4. The molecule has 1 aromatic carbocycles. The van der Waals surface area contributed by atoms with Crippen molar-refractivity contribution < 1.29 is 22.7 Å². The van der Waals surface area contributed by atoms with Crippen LogP contribution >= 0.6 is 0 Å². The Morgan fingerprint density at radius 2 is 1.88 bits per heavy atom. The zero-order chi connectivity index (χ0) is 12.5. The topological polar surface area (TPSA) is 46.2 Å². The monoisotopic (exact) mass is 237 g/mol. The molecule has 1 rings (SSSR count). The lowest BCUT2D eigenvalue weighted by atomic mass is 10.0. The van der Waals surface area contributed by atoms with Crippen LogP contribution in [-0.2, 0) is 6.18 Å². The van der Waals surface area contributed by atoms with E-state index in [-0.39, 0.29) is 5.56 Å². The predicted octanol–water partition coefficient (Wildman–Crippen LogP) is 2.23. The zero-order valence-electron chi connectivity index (χ0n) is 8.42. The fourth-order valence-electron chi connectivity index (χ4n) is 1.25. The Balaban J connectivity index is 3.09. The first kappa shape index (κ1) is 12.9. The van der Waals surface area contributed by atoms with E-state index in [1.54, 1.807) is 0 Å². The molecule has 0 unspecified atom stereocenters. The molecule has 0 heterocycles. The van der Waals surface area contributed by atoms with E-state index in [1.165, 1.54) is 6.92 Å². The lowest BCUT2D eigenvalue weighted by molar-refractivity contribution is -0.140. The lowest BCUT2D eigenvalue weighted by Crippen LogP contribution is -2.23. The Labute approximate surface area is 89.7 Å². The molecule has 0 aliphatic heterocycles. The molecule has 0 aliphatic carbocycles. The molecule has 0 radical (unpaired) electrons. The quantitative estimate of drug-likeness (QED) is 0.775. The van der Waals surface area contributed by atoms with E-state index >= 15 is 0 Å². The number of aliphatic hydroxyl groups is 1. The van der Waals surface area contributed by atoms with E-state index in [0.717, 1.165) is 6.07 Å². The van der Waals surface area contributed by atoms with Crippen molar-refractivity contribution >= 4 is 0 Å². The van der Waals surface area contributed by atoms with Gasteiger partial charge in [-0.2, -0.15) is 13.2 Å². The minimum Gasteiger partial charge on any atom is -0.391 e. The van der Waals surface area contributed by atoms with Gasteiger partial charge in [0, 0.05) is 0 Å². The van der Waals surface area contributed by atoms with Gasteiger partial charge in [-0.05, 0) is 24.6 Å². The van der Waals surface area contributed by atoms with Crippen LogP contribution in [-0.4, -0.2) is 11.2 Å². The summed E-state index contributed by atoms with van der Waals surface area (Å²) in [5, 5.41) is 9.12. The van der Waals surface area contributed by atoms with Crippen LogP contribution in [0.4, 0.5) is 17.6 Å². The van der Waals surface area contributed by atoms with Gasteiger partial charge in [-0.25, -0.2) is 4.39 Å². The summed E-state index contributed by atoms with van der Waals surface area (Å²) >= 11 is 0. The number of halogens is 4. The number of hydrogen-bond acceptors (Lipinski definition) is 2. The van der Waals surface area contributed by atoms with Gasteiger partial charge >= 0.3 is 6.18 Å². The van der Waals surface area contributed by atoms with Gasteiger partial charge in [-0.15, -0.1) is 0 Å². The average Bonchev–Trinajstić information content (AvgIpc) is 2.14. The molecule has 0 saturated carbocycles. The van der Waals surface area contributed by atoms with Crippen molar-refractivity contribution in [3.05, 3.63) is 35.1 Å². The Bertz CT molecular complexity index is 376. The number of aliphatic hydroxyl groups excluding tert-OH is 1. The number of alkyl halides is 3. The molecular weight excluding hydrogens is 226 g/mol. The number of benzene rings is 1. The van der Waals surface area contributed by atoms with Crippen molar-refractivity contribution in [3.63, 3.8) is 0 Å². The van der Waals surface area contributed by atoms with Gasteiger partial charge < -0.3 is 10.8 Å². The van der Waals surface area contributed by atoms with Gasteiger partial charge in [-0.3, -0.25) is 0 Å². The van der Waals surface area contributed by atoms with Crippen molar-refractivity contribution in [2.24, 2.45) is 5.73 Å². The molecule has 0 saturated heterocycles. The van der Waals surface area contributed by atoms with E-state index in [0.29, 0.717) is 12.1 Å². The molecule has 16 heavy (non-hydrogen) atoms. The third kappa shape index (κ3) is 2.70. The second-order valence-electron chi connectivity index (χ2n) is 3.50. The van der Waals surface area contributed by atoms with E-state index in [9.17, 15) is 17.6 Å². The molecule has 0 spiro atoms. The molecule has 0 aliphatic rings. The molecule has 3 N–H and O–H groups in total. The Morgan fingerprint density at radius 1 is 1.31 bits per heavy atom. The summed E-state index contributed by atoms with van der Waals surface area (Å²) in [6.45, 7) is 1.38. The SMILES string of the molecule is C[C@H](O)[C@H](N)c1ccc(C(F)(F)F)c(F)c1. The first-order valence-electron chi connectivity index (χ1n) is 4.53. The molecule has 1 aromatic rings. The van der Waals surface area contributed by atoms with Crippen LogP contribution in [0.25, 0.3) is 0 Å². The van der Waals surface area contributed by atoms with Crippen LogP contribution in [0.15, 0.2) is 18.2 Å². The minimum absolute atomic E-state index is 0.125. The largest absolute Gasteiger partial charge is 0.419 e. The lowest BCUT2D eigenvalue weighted by Gasteiger charge is -2.16. The molecule has 90 valence electrons. The Kier molecular flexibility index (Phi) is 3.54. The highest BCUT2D eigenvalue weighted by Crippen LogP contribution is 2.32. The highest BCUT2D eigenvalue weighted by molar-refractivity contribution is 5.28. The van der Waals surface area contributed by atoms with E-state index < -0.39 is 29.7 Å². The van der Waals surface area contributed by atoms with Crippen LogP contribution in [0.2, 0.25) is 0 Å². The number of hydrogen-bond donors (Lipinski definition) is 2. The average molecular weight is 237 g/mol. The molecule has 0 aromatic heterocycles. The minimum atomic E-state index is -4.72. The van der Waals surface area contributed by atoms with Gasteiger partial charge in [0.05, 0.1) is 17.7 Å². The fourth-order valence-corrected chi connectivity index (χ4v) is 1.25. The molecular formula is C10H11F4NO. The van der Waals surface area contributed by atoms with Crippen molar-refractivity contribution in [1.29, 1.82) is 0 Å². The summed E-state index contributed by atoms with van der Waals surface area (Å²) in [6.07, 6.45) is -5.69. The molecule has 6 heteroatoms. The van der Waals surface area contributed by atoms with E-state index in [2.05, 4.69) is 0 Å². The summed E-state index contributed by atoms with van der Waals surface area (Å²) in [5.74, 6) is -1.39. The second kappa shape index (κ2) is 4.39. The normalized spacial score (nSPS) is 15.9. The Hall–Kier alpha value is -1.14. The van der Waals surface area contributed by atoms with Gasteiger partial charge in [0.25, 0.3) is 0 Å². The van der Waals surface area contributed by atoms with E-state index in [1.807, 2.05) is 0 Å². The predicted molar refractivity (Wildman–Crippen MR) is 50.0 cm³/mol. The summed E-state index contributed by atoms with van der Waals surface area (Å²) in [5.41, 5.74) is 4.25. The highest BCUT2D eigenvalue weighted by Gasteiger charge is 2.34. The third-order valence-electron chi connectivity index (χ3n) is 2.20. The molecule has 0 bridgehead atoms. The maximum absolute atomic E-state index is 13.1. The molecule has 2 atom stereocenters. The van der Waals surface area contributed by atoms with Gasteiger partial charge in [-0.1, -0.05) is 6.07 Å². The third-order valence-corrected chi connectivity index (χ3v) is 2.20. The van der Waals surface area contributed by atoms with Crippen molar-refractivity contribution in [2.45, 2.75) is 25.2 Å². The van der Waals surface area contributed by atoms with Crippen LogP contribution in [0.1, 0.15) is 24.1 Å². The number of nitrogens with two attached hydrogens (primary N) is 1. The standard InChI is InChI=1S/C10H11F4NO/c1-5(16)9(15)6-2-3-7(8(11)4-6)10(12,13)14/h2-5,9,16H,15H2,1H3/t5-,9-/m0/s1. The summed E-state index contributed by atoms with van der Waals surface area (Å²) in [6, 6.07) is 1.47. The van der Waals surface area contributed by atoms with E-state index in [4.69, 9.17) is 10.8 Å². The zero-order valence-corrected chi connectivity index (χ0v) is 8.42. The van der Waals surface area contributed by atoms with Crippen LogP contribution in [0.3, 0.4) is 0 Å². The first-order valence-corrected chi connectivity index (χ1v) is 4.53. The Morgan fingerprint density at radius 3 is 2.25 bits per heavy atom. The van der Waals surface area contributed by atoms with Crippen LogP contribution in [0.5, 0.6) is 0 Å². The number of rotatable bonds is 2. The molecule has 2 nitrogen and oxygen atoms in total. The summed E-state index contributed by atoms with van der Waals surface area (Å²) in [4.78, 5) is 0. The van der Waals surface area contributed by atoms with Gasteiger partial charge in [0.1, 0.15) is 5.82 Å². The first-order chi connectivity index (χ1) is 7.23. The summed E-state index contributed by atoms with van der Waals surface area (Å²) in [7, 11) is 0. The van der Waals surface area contributed by atoms with Gasteiger partial charge in [0.15, 0.2) is 0 Å². The van der Waals surface area contributed by atoms with Crippen molar-refractivity contribution in [2.75, 3.05) is 0 Å². The van der Waals surface area contributed by atoms with Crippen LogP contribution in [0, 0.1) is 5.82 Å². The van der Waals surface area contributed by atoms with Crippen molar-refractivity contribution in [3.8, 4) is 0 Å². The van der Waals surface area contributed by atoms with Gasteiger partial charge in [0.2, 0.25) is 0 Å².